The summed E-state index contributed by atoms with van der Waals surface area (Å²) in [5.74, 6) is -0.798. The van der Waals surface area contributed by atoms with Gasteiger partial charge in [0.05, 0.1) is 22.8 Å². The van der Waals surface area contributed by atoms with Crippen LogP contribution in [0.5, 0.6) is 0 Å². The molecular formula is C27H16F4IN3O. The van der Waals surface area contributed by atoms with Gasteiger partial charge < -0.3 is 5.32 Å². The first-order valence-electron chi connectivity index (χ1n) is 10.7. The molecule has 0 radical (unpaired) electrons. The summed E-state index contributed by atoms with van der Waals surface area (Å²) in [4.78, 5) is 17.4. The van der Waals surface area contributed by atoms with Gasteiger partial charge in [-0.15, -0.1) is 0 Å². The number of carbonyl (C=O) groups excluding carboxylic acids is 1. The third-order valence-electron chi connectivity index (χ3n) is 5.64. The summed E-state index contributed by atoms with van der Waals surface area (Å²) in [6.07, 6.45) is -1.41. The first-order chi connectivity index (χ1) is 17.2. The van der Waals surface area contributed by atoms with Crippen molar-refractivity contribution >= 4 is 39.7 Å². The van der Waals surface area contributed by atoms with Crippen LogP contribution in [0.25, 0.3) is 28.0 Å². The number of nitrogens with one attached hydrogen (secondary N) is 1. The molecule has 2 aromatic heterocycles. The van der Waals surface area contributed by atoms with Crippen LogP contribution < -0.4 is 5.32 Å². The summed E-state index contributed by atoms with van der Waals surface area (Å²) < 4.78 is 57.8. The van der Waals surface area contributed by atoms with Crippen LogP contribution in [-0.4, -0.2) is 15.3 Å². The Morgan fingerprint density at radius 3 is 2.42 bits per heavy atom. The molecule has 2 heterocycles. The smallest absolute Gasteiger partial charge is 0.322 e. The SMILES string of the molecule is O=C(Nc1ccc(I)cc1)c1cc(-c2cccn3c(-c4cccc(F)c4)ncc23)ccc1C(F)(F)F. The number of halogens is 5. The summed E-state index contributed by atoms with van der Waals surface area (Å²) in [6, 6.07) is 19.6. The first kappa shape index (κ1) is 24.0. The van der Waals surface area contributed by atoms with E-state index in [1.54, 1.807) is 65.3 Å². The molecule has 180 valence electrons. The highest BCUT2D eigenvalue weighted by molar-refractivity contribution is 14.1. The molecule has 0 aliphatic carbocycles. The minimum atomic E-state index is -4.72. The third kappa shape index (κ3) is 4.70. The fourth-order valence-corrected chi connectivity index (χ4v) is 4.35. The van der Waals surface area contributed by atoms with E-state index in [2.05, 4.69) is 32.9 Å². The monoisotopic (exact) mass is 601 g/mol. The number of anilines is 1. The lowest BCUT2D eigenvalue weighted by Gasteiger charge is -2.15. The Labute approximate surface area is 216 Å². The van der Waals surface area contributed by atoms with E-state index in [-0.39, 0.29) is 0 Å². The molecule has 3 aromatic carbocycles. The molecule has 0 saturated heterocycles. The molecule has 0 unspecified atom stereocenters. The number of nitrogens with zero attached hydrogens (tertiary/aromatic N) is 2. The predicted octanol–water partition coefficient (Wildman–Crippen LogP) is 7.68. The molecule has 36 heavy (non-hydrogen) atoms. The molecule has 5 aromatic rings. The number of amides is 1. The highest BCUT2D eigenvalue weighted by Crippen LogP contribution is 2.36. The zero-order valence-electron chi connectivity index (χ0n) is 18.4. The number of hydrogen-bond donors (Lipinski definition) is 1. The number of benzene rings is 3. The quantitative estimate of drug-likeness (QED) is 0.170. The van der Waals surface area contributed by atoms with Crippen LogP contribution in [0, 0.1) is 9.39 Å². The standard InChI is InChI=1S/C27H16F4IN3O/c28-18-4-1-3-17(13-18)25-33-15-24-21(5-2-12-35(24)25)16-6-11-23(27(29,30)31)22(14-16)26(36)34-20-9-7-19(32)8-10-20/h1-15H,(H,34,36). The molecule has 0 aliphatic rings. The van der Waals surface area contributed by atoms with Gasteiger partial charge in [0.25, 0.3) is 5.91 Å². The molecule has 4 nitrogen and oxygen atoms in total. The number of hydrogen-bond acceptors (Lipinski definition) is 2. The lowest BCUT2D eigenvalue weighted by Crippen LogP contribution is -2.19. The van der Waals surface area contributed by atoms with Gasteiger partial charge in [-0.05, 0) is 82.8 Å². The van der Waals surface area contributed by atoms with Gasteiger partial charge in [0.15, 0.2) is 0 Å². The van der Waals surface area contributed by atoms with Crippen LogP contribution in [0.1, 0.15) is 15.9 Å². The third-order valence-corrected chi connectivity index (χ3v) is 6.36. The van der Waals surface area contributed by atoms with E-state index < -0.39 is 29.0 Å². The van der Waals surface area contributed by atoms with Crippen LogP contribution in [0.2, 0.25) is 0 Å². The zero-order chi connectivity index (χ0) is 25.4. The Morgan fingerprint density at radius 2 is 1.69 bits per heavy atom. The van der Waals surface area contributed by atoms with Crippen molar-refractivity contribution in [2.24, 2.45) is 0 Å². The summed E-state index contributed by atoms with van der Waals surface area (Å²) in [7, 11) is 0. The molecule has 0 spiro atoms. The van der Waals surface area contributed by atoms with Crippen molar-refractivity contribution < 1.29 is 22.4 Å². The molecule has 0 atom stereocenters. The van der Waals surface area contributed by atoms with E-state index in [0.29, 0.717) is 33.7 Å². The van der Waals surface area contributed by atoms with Gasteiger partial charge in [-0.25, -0.2) is 9.37 Å². The number of aromatic nitrogens is 2. The van der Waals surface area contributed by atoms with Crippen LogP contribution >= 0.6 is 22.6 Å². The summed E-state index contributed by atoms with van der Waals surface area (Å²) in [5.41, 5.74) is 0.992. The van der Waals surface area contributed by atoms with Gasteiger partial charge in [0.1, 0.15) is 11.6 Å². The maximum Gasteiger partial charge on any atom is 0.417 e. The number of carbonyl (C=O) groups is 1. The Kier molecular flexibility index (Phi) is 6.25. The van der Waals surface area contributed by atoms with Crippen LogP contribution in [0.3, 0.4) is 0 Å². The van der Waals surface area contributed by atoms with Crippen molar-refractivity contribution in [3.8, 4) is 22.5 Å². The number of rotatable bonds is 4. The number of imidazole rings is 1. The normalized spacial score (nSPS) is 11.6. The Morgan fingerprint density at radius 1 is 0.917 bits per heavy atom. The minimum Gasteiger partial charge on any atom is -0.322 e. The highest BCUT2D eigenvalue weighted by atomic mass is 127. The average molecular weight is 601 g/mol. The van der Waals surface area contributed by atoms with Crippen molar-refractivity contribution in [2.75, 3.05) is 5.32 Å². The van der Waals surface area contributed by atoms with E-state index >= 15 is 0 Å². The fourth-order valence-electron chi connectivity index (χ4n) is 3.99. The van der Waals surface area contributed by atoms with E-state index in [1.165, 1.54) is 24.3 Å². The number of pyridine rings is 1. The molecule has 0 aliphatic heterocycles. The van der Waals surface area contributed by atoms with E-state index in [1.807, 2.05) is 0 Å². The van der Waals surface area contributed by atoms with Gasteiger partial charge in [-0.2, -0.15) is 13.2 Å². The largest absolute Gasteiger partial charge is 0.417 e. The second kappa shape index (κ2) is 9.38. The molecule has 0 saturated carbocycles. The summed E-state index contributed by atoms with van der Waals surface area (Å²) in [5, 5.41) is 2.55. The van der Waals surface area contributed by atoms with Crippen molar-refractivity contribution in [1.82, 2.24) is 9.38 Å². The molecule has 1 N–H and O–H groups in total. The van der Waals surface area contributed by atoms with Gasteiger partial charge in [0, 0.05) is 26.6 Å². The molecule has 0 bridgehead atoms. The zero-order valence-corrected chi connectivity index (χ0v) is 20.5. The van der Waals surface area contributed by atoms with Gasteiger partial charge in [-0.1, -0.05) is 24.3 Å². The molecular weight excluding hydrogens is 585 g/mol. The Hall–Kier alpha value is -3.73. The fraction of sp³-hybridized carbons (Fsp3) is 0.0370. The topological polar surface area (TPSA) is 46.4 Å². The number of fused-ring (bicyclic) bond motifs is 1. The maximum atomic E-state index is 13.8. The van der Waals surface area contributed by atoms with Crippen molar-refractivity contribution in [1.29, 1.82) is 0 Å². The first-order valence-corrected chi connectivity index (χ1v) is 11.8. The lowest BCUT2D eigenvalue weighted by molar-refractivity contribution is -0.137. The van der Waals surface area contributed by atoms with Crippen molar-refractivity contribution in [3.63, 3.8) is 0 Å². The van der Waals surface area contributed by atoms with Gasteiger partial charge >= 0.3 is 6.18 Å². The van der Waals surface area contributed by atoms with E-state index in [0.717, 1.165) is 9.64 Å². The summed E-state index contributed by atoms with van der Waals surface area (Å²) >= 11 is 2.09. The minimum absolute atomic E-state index is 0.386. The maximum absolute atomic E-state index is 13.8. The summed E-state index contributed by atoms with van der Waals surface area (Å²) in [6.45, 7) is 0. The van der Waals surface area contributed by atoms with Crippen molar-refractivity contribution in [2.45, 2.75) is 6.18 Å². The van der Waals surface area contributed by atoms with Gasteiger partial charge in [-0.3, -0.25) is 9.20 Å². The molecule has 0 fully saturated rings. The van der Waals surface area contributed by atoms with E-state index in [4.69, 9.17) is 0 Å². The molecule has 5 rings (SSSR count). The average Bonchev–Trinajstić information content (AvgIpc) is 3.29. The number of alkyl halides is 3. The molecule has 9 heteroatoms. The Bertz CT molecular complexity index is 1590. The second-order valence-corrected chi connectivity index (χ2v) is 9.23. The second-order valence-electron chi connectivity index (χ2n) is 7.99. The van der Waals surface area contributed by atoms with Crippen LogP contribution in [0.4, 0.5) is 23.2 Å². The Balaban J connectivity index is 1.60. The van der Waals surface area contributed by atoms with Crippen molar-refractivity contribution in [3.05, 3.63) is 112 Å². The van der Waals surface area contributed by atoms with Crippen LogP contribution in [-0.2, 0) is 6.18 Å². The predicted molar refractivity (Wildman–Crippen MR) is 138 cm³/mol. The lowest BCUT2D eigenvalue weighted by atomic mass is 9.98. The van der Waals surface area contributed by atoms with E-state index in [9.17, 15) is 22.4 Å². The molecule has 1 amide bonds. The van der Waals surface area contributed by atoms with Gasteiger partial charge in [0.2, 0.25) is 0 Å². The highest BCUT2D eigenvalue weighted by Gasteiger charge is 2.35. The van der Waals surface area contributed by atoms with Crippen LogP contribution in [0.15, 0.2) is 91.3 Å².